The van der Waals surface area contributed by atoms with E-state index in [4.69, 9.17) is 27.9 Å². The van der Waals surface area contributed by atoms with Crippen LogP contribution in [0, 0.1) is 32.6 Å². The molecule has 9 N–H and O–H groups in total. The van der Waals surface area contributed by atoms with Crippen molar-refractivity contribution in [2.24, 2.45) is 23.3 Å². The molecule has 8 heteroatoms. The first-order valence-electron chi connectivity index (χ1n) is 18.0. The summed E-state index contributed by atoms with van der Waals surface area (Å²) in [6, 6.07) is 30.0. The van der Waals surface area contributed by atoms with Gasteiger partial charge in [0.15, 0.2) is 0 Å². The van der Waals surface area contributed by atoms with Crippen LogP contribution in [0.15, 0.2) is 78.9 Å². The van der Waals surface area contributed by atoms with E-state index in [1.165, 1.54) is 24.1 Å². The van der Waals surface area contributed by atoms with Crippen LogP contribution in [-0.4, -0.2) is 41.2 Å². The molecule has 2 heterocycles. The molecule has 49 heavy (non-hydrogen) atoms. The number of piperazine rings is 1. The summed E-state index contributed by atoms with van der Waals surface area (Å²) < 4.78 is 2.21. The molecule has 0 amide bonds. The van der Waals surface area contributed by atoms with Crippen LogP contribution in [0.25, 0.3) is 27.8 Å². The lowest BCUT2D eigenvalue weighted by Gasteiger charge is -2.58. The number of rotatable bonds is 2. The zero-order chi connectivity index (χ0) is 34.6. The Balaban J connectivity index is 0.000000154. The van der Waals surface area contributed by atoms with Crippen molar-refractivity contribution in [3.63, 3.8) is 0 Å². The Morgan fingerprint density at radius 2 is 1.14 bits per heavy atom. The van der Waals surface area contributed by atoms with E-state index in [0.29, 0.717) is 48.1 Å². The molecule has 8 nitrogen and oxygen atoms in total. The summed E-state index contributed by atoms with van der Waals surface area (Å²) in [7, 11) is 0. The topological polar surface area (TPSA) is 136 Å². The quantitative estimate of drug-likeness (QED) is 0.0915. The number of nitrogens with two attached hydrogens (primary N) is 4. The first-order valence-corrected chi connectivity index (χ1v) is 18.0. The van der Waals surface area contributed by atoms with Crippen LogP contribution >= 0.6 is 0 Å². The molecule has 8 rings (SSSR count). The Morgan fingerprint density at radius 3 is 1.65 bits per heavy atom. The minimum atomic E-state index is 0.298. The summed E-state index contributed by atoms with van der Waals surface area (Å²) in [6.07, 6.45) is 4.50. The molecule has 1 saturated heterocycles. The van der Waals surface area contributed by atoms with Crippen LogP contribution in [0.4, 0.5) is 17.1 Å². The zero-order valence-electron chi connectivity index (χ0n) is 29.6. The van der Waals surface area contributed by atoms with E-state index in [2.05, 4.69) is 78.0 Å². The van der Waals surface area contributed by atoms with Crippen LogP contribution in [-0.2, 0) is 0 Å². The van der Waals surface area contributed by atoms with Gasteiger partial charge in [0, 0.05) is 77.1 Å². The van der Waals surface area contributed by atoms with Crippen molar-refractivity contribution in [3.8, 4) is 5.69 Å². The molecule has 0 radical (unpaired) electrons. The fourth-order valence-corrected chi connectivity index (χ4v) is 8.56. The van der Waals surface area contributed by atoms with Gasteiger partial charge >= 0.3 is 0 Å². The van der Waals surface area contributed by atoms with Crippen LogP contribution in [0.5, 0.6) is 0 Å². The van der Waals surface area contributed by atoms with Gasteiger partial charge in [0.1, 0.15) is 11.0 Å². The van der Waals surface area contributed by atoms with E-state index < -0.39 is 0 Å². The van der Waals surface area contributed by atoms with E-state index in [1.54, 1.807) is 0 Å². The highest BCUT2D eigenvalue weighted by Gasteiger charge is 2.48. The predicted molar refractivity (Wildman–Crippen MR) is 204 cm³/mol. The van der Waals surface area contributed by atoms with Gasteiger partial charge in [-0.2, -0.15) is 0 Å². The Kier molecular flexibility index (Phi) is 8.98. The van der Waals surface area contributed by atoms with Gasteiger partial charge in [-0.3, -0.25) is 0 Å². The second-order valence-electron chi connectivity index (χ2n) is 15.1. The first-order chi connectivity index (χ1) is 23.5. The molecule has 2 saturated carbocycles. The van der Waals surface area contributed by atoms with E-state index >= 15 is 0 Å². The van der Waals surface area contributed by atoms with Gasteiger partial charge in [-0.15, -0.1) is 4.57 Å². The largest absolute Gasteiger partial charge is 0.398 e. The Labute approximate surface area is 290 Å². The van der Waals surface area contributed by atoms with E-state index in [-0.39, 0.29) is 0 Å². The molecule has 3 aliphatic rings. The highest BCUT2D eigenvalue weighted by atomic mass is 15.3. The van der Waals surface area contributed by atoms with Crippen LogP contribution in [0.3, 0.4) is 0 Å². The number of aromatic nitrogens is 2. The van der Waals surface area contributed by atoms with Gasteiger partial charge in [-0.25, -0.2) is 4.98 Å². The smallest absolute Gasteiger partial charge is 0.239 e. The summed E-state index contributed by atoms with van der Waals surface area (Å²) in [5.74, 6) is 1.19. The highest BCUT2D eigenvalue weighted by Crippen LogP contribution is 2.40. The lowest BCUT2D eigenvalue weighted by molar-refractivity contribution is -0.538. The van der Waals surface area contributed by atoms with Crippen LogP contribution < -0.4 is 37.7 Å². The minimum Gasteiger partial charge on any atom is -0.398 e. The number of aryl methyl sites for hydroxylation is 3. The van der Waals surface area contributed by atoms with Crippen molar-refractivity contribution in [3.05, 3.63) is 95.6 Å². The van der Waals surface area contributed by atoms with Crippen molar-refractivity contribution < 1.29 is 4.57 Å². The van der Waals surface area contributed by atoms with Crippen molar-refractivity contribution in [2.45, 2.75) is 96.6 Å². The monoisotopic (exact) mass is 657 g/mol. The summed E-state index contributed by atoms with van der Waals surface area (Å²) in [6.45, 7) is 10.7. The summed E-state index contributed by atoms with van der Waals surface area (Å²) >= 11 is 0. The molecule has 3 fully saturated rings. The third kappa shape index (κ3) is 6.22. The van der Waals surface area contributed by atoms with Crippen LogP contribution in [0.1, 0.15) is 56.2 Å². The molecule has 256 valence electrons. The maximum atomic E-state index is 6.46. The fourth-order valence-electron chi connectivity index (χ4n) is 8.56. The van der Waals surface area contributed by atoms with Crippen molar-refractivity contribution >= 4 is 39.1 Å². The number of fused-ring (bicyclic) bond motifs is 4. The average molecular weight is 658 g/mol. The van der Waals surface area contributed by atoms with Gasteiger partial charge in [-0.05, 0) is 93.7 Å². The molecule has 1 aromatic heterocycles. The number of para-hydroxylation sites is 2. The molecule has 4 aromatic carbocycles. The molecule has 0 bridgehead atoms. The fraction of sp³-hybridized carbons (Fsp3) is 0.415. The molecular weight excluding hydrogens is 605 g/mol. The predicted octanol–water partition coefficient (Wildman–Crippen LogP) is 5.84. The van der Waals surface area contributed by atoms with Gasteiger partial charge in [0.2, 0.25) is 16.7 Å². The first kappa shape index (κ1) is 33.3. The molecule has 8 unspecified atom stereocenters. The maximum absolute atomic E-state index is 6.46. The SMILES string of the molecule is CC1CC2NC3CC(C)C(N)CC3N(c3ccccc3)C2CC1N.Cc1cc2nc3cc(C)c(N)cc3[n+](-c3ccccc3C)c2cc1N. The Hall–Kier alpha value is -4.24. The Morgan fingerprint density at radius 1 is 0.653 bits per heavy atom. The van der Waals surface area contributed by atoms with E-state index in [0.717, 1.165) is 63.1 Å². The second-order valence-corrected chi connectivity index (χ2v) is 15.1. The number of benzene rings is 4. The maximum Gasteiger partial charge on any atom is 0.239 e. The number of anilines is 3. The van der Waals surface area contributed by atoms with Crippen molar-refractivity contribution in [1.82, 2.24) is 10.3 Å². The lowest BCUT2D eigenvalue weighted by Crippen LogP contribution is -2.73. The molecule has 1 aliphatic heterocycles. The lowest BCUT2D eigenvalue weighted by atomic mass is 9.71. The summed E-state index contributed by atoms with van der Waals surface area (Å²) in [5, 5.41) is 4.01. The molecule has 2 aliphatic carbocycles. The standard InChI is InChI=1S/C21H20N4.C20H32N4/c1-12-6-4-5-7-19(12)25-20-10-15(22)13(2)8-17(20)24-18-9-14(3)16(23)11-21(18)25;1-12-8-17-19(10-15(12)21)24(14-6-4-3-5-7-14)20-11-16(22)13(2)9-18(20)23-17/h4-11H,1-3H3,(H3,22,23);3-7,12-13,15-20,23H,8-11,21-22H2,1-2H3/p+1. The number of nitrogens with one attached hydrogen (secondary N) is 1. The van der Waals surface area contributed by atoms with Crippen LogP contribution in [0.2, 0.25) is 0 Å². The highest BCUT2D eigenvalue weighted by molar-refractivity contribution is 5.87. The third-order valence-corrected chi connectivity index (χ3v) is 11.7. The van der Waals surface area contributed by atoms with Crippen molar-refractivity contribution in [1.29, 1.82) is 0 Å². The summed E-state index contributed by atoms with van der Waals surface area (Å²) in [5.41, 5.74) is 36.3. The van der Waals surface area contributed by atoms with Gasteiger partial charge < -0.3 is 33.2 Å². The van der Waals surface area contributed by atoms with E-state index in [9.17, 15) is 0 Å². The van der Waals surface area contributed by atoms with Gasteiger partial charge in [0.05, 0.1) is 0 Å². The summed E-state index contributed by atoms with van der Waals surface area (Å²) in [4.78, 5) is 7.55. The molecule has 8 atom stereocenters. The third-order valence-electron chi connectivity index (χ3n) is 11.7. The normalized spacial score (nSPS) is 28.0. The Bertz CT molecular complexity index is 1880. The minimum absolute atomic E-state index is 0.298. The van der Waals surface area contributed by atoms with Gasteiger partial charge in [-0.1, -0.05) is 50.2 Å². The number of nitrogen functional groups attached to an aromatic ring is 2. The van der Waals surface area contributed by atoms with Crippen molar-refractivity contribution in [2.75, 3.05) is 16.4 Å². The molecule has 0 spiro atoms. The number of hydrogen-bond donors (Lipinski definition) is 5. The van der Waals surface area contributed by atoms with Gasteiger partial charge in [0.25, 0.3) is 0 Å². The number of nitrogens with zero attached hydrogens (tertiary/aromatic N) is 3. The zero-order valence-corrected chi connectivity index (χ0v) is 29.6. The van der Waals surface area contributed by atoms with E-state index in [1.807, 2.05) is 50.2 Å². The molecule has 5 aromatic rings. The average Bonchev–Trinajstić information content (AvgIpc) is 3.07. The number of hydrogen-bond acceptors (Lipinski definition) is 7. The molecular formula is C41H53N8+. The second kappa shape index (κ2) is 13.2.